The number of nitrogens with one attached hydrogen (secondary N) is 1. The molecule has 102 valence electrons. The Morgan fingerprint density at radius 3 is 2.95 bits per heavy atom. The molecule has 0 unspecified atom stereocenters. The summed E-state index contributed by atoms with van der Waals surface area (Å²) in [6.45, 7) is 2.83. The lowest BCUT2D eigenvalue weighted by atomic mass is 10.2. The van der Waals surface area contributed by atoms with E-state index < -0.39 is 0 Å². The van der Waals surface area contributed by atoms with E-state index in [4.69, 9.17) is 0 Å². The molecular weight excluding hydrogens is 338 g/mol. The normalized spacial score (nSPS) is 10.7. The molecule has 5 nitrogen and oxygen atoms in total. The molecule has 0 atom stereocenters. The number of halogens is 1. The van der Waals surface area contributed by atoms with Gasteiger partial charge in [0.25, 0.3) is 0 Å². The average Bonchev–Trinajstić information content (AvgIpc) is 3.09. The summed E-state index contributed by atoms with van der Waals surface area (Å²) in [7, 11) is 0. The van der Waals surface area contributed by atoms with Crippen LogP contribution in [0.5, 0.6) is 0 Å². The van der Waals surface area contributed by atoms with Crippen molar-refractivity contribution in [2.75, 3.05) is 5.32 Å². The lowest BCUT2D eigenvalue weighted by molar-refractivity contribution is 0.785. The molecule has 3 aromatic rings. The molecule has 2 aromatic heterocycles. The van der Waals surface area contributed by atoms with Gasteiger partial charge in [-0.25, -0.2) is 4.68 Å². The van der Waals surface area contributed by atoms with Crippen LogP contribution in [0.3, 0.4) is 0 Å². The van der Waals surface area contributed by atoms with Crippen molar-refractivity contribution in [1.29, 1.82) is 0 Å². The first-order valence-corrected chi connectivity index (χ1v) is 7.71. The molecule has 0 aliphatic rings. The van der Waals surface area contributed by atoms with E-state index in [2.05, 4.69) is 60.4 Å². The molecule has 0 bridgehead atoms. The minimum Gasteiger partial charge on any atom is -0.380 e. The van der Waals surface area contributed by atoms with E-state index >= 15 is 0 Å². The van der Waals surface area contributed by atoms with E-state index in [-0.39, 0.29) is 0 Å². The first kappa shape index (κ1) is 13.3. The smallest absolute Gasteiger partial charge is 0.143 e. The quantitative estimate of drug-likeness (QED) is 0.784. The Labute approximate surface area is 128 Å². The van der Waals surface area contributed by atoms with Gasteiger partial charge in [-0.1, -0.05) is 6.07 Å². The predicted octanol–water partition coefficient (Wildman–Crippen LogP) is 3.41. The molecule has 0 spiro atoms. The number of benzene rings is 1. The van der Waals surface area contributed by atoms with E-state index in [9.17, 15) is 0 Å². The van der Waals surface area contributed by atoms with E-state index in [0.29, 0.717) is 0 Å². The standard InChI is InChI=1S/C13H12BrN5S/c1-9-2-3-10(6-12(9)19-8-16-17-18-19)15-7-13-11(14)4-5-20-13/h2-6,8,15H,7H2,1H3. The Hall–Kier alpha value is -1.73. The Morgan fingerprint density at radius 1 is 1.35 bits per heavy atom. The molecule has 0 aliphatic heterocycles. The van der Waals surface area contributed by atoms with Gasteiger partial charge in [0.15, 0.2) is 0 Å². The van der Waals surface area contributed by atoms with Gasteiger partial charge in [-0.3, -0.25) is 0 Å². The number of aryl methyl sites for hydroxylation is 1. The fourth-order valence-corrected chi connectivity index (χ4v) is 3.30. The van der Waals surface area contributed by atoms with Crippen molar-refractivity contribution in [3.05, 3.63) is 50.9 Å². The molecule has 2 heterocycles. The van der Waals surface area contributed by atoms with Gasteiger partial charge >= 0.3 is 0 Å². The third kappa shape index (κ3) is 2.73. The zero-order valence-corrected chi connectivity index (χ0v) is 13.1. The zero-order chi connectivity index (χ0) is 13.9. The summed E-state index contributed by atoms with van der Waals surface area (Å²) in [5.41, 5.74) is 3.15. The van der Waals surface area contributed by atoms with Crippen molar-refractivity contribution < 1.29 is 0 Å². The topological polar surface area (TPSA) is 55.6 Å². The number of rotatable bonds is 4. The fraction of sp³-hybridized carbons (Fsp3) is 0.154. The van der Waals surface area contributed by atoms with Gasteiger partial charge in [0.05, 0.1) is 12.2 Å². The average molecular weight is 350 g/mol. The first-order chi connectivity index (χ1) is 9.74. The molecule has 0 amide bonds. The molecule has 1 N–H and O–H groups in total. The number of hydrogen-bond acceptors (Lipinski definition) is 5. The van der Waals surface area contributed by atoms with Crippen molar-refractivity contribution in [2.45, 2.75) is 13.5 Å². The highest BCUT2D eigenvalue weighted by Crippen LogP contribution is 2.24. The summed E-state index contributed by atoms with van der Waals surface area (Å²) in [5.74, 6) is 0. The monoisotopic (exact) mass is 349 g/mol. The van der Waals surface area contributed by atoms with Crippen LogP contribution in [0.4, 0.5) is 5.69 Å². The largest absolute Gasteiger partial charge is 0.380 e. The van der Waals surface area contributed by atoms with Gasteiger partial charge in [-0.05, 0) is 62.4 Å². The minimum atomic E-state index is 0.788. The van der Waals surface area contributed by atoms with Crippen LogP contribution in [0.15, 0.2) is 40.4 Å². The first-order valence-electron chi connectivity index (χ1n) is 6.04. The highest BCUT2D eigenvalue weighted by atomic mass is 79.9. The van der Waals surface area contributed by atoms with Gasteiger partial charge < -0.3 is 5.32 Å². The molecule has 0 saturated heterocycles. The number of anilines is 1. The van der Waals surface area contributed by atoms with E-state index in [0.717, 1.165) is 28.0 Å². The van der Waals surface area contributed by atoms with Crippen LogP contribution in [-0.4, -0.2) is 20.2 Å². The summed E-state index contributed by atoms with van der Waals surface area (Å²) in [6, 6.07) is 8.23. The lowest BCUT2D eigenvalue weighted by Crippen LogP contribution is -2.02. The second-order valence-electron chi connectivity index (χ2n) is 4.30. The maximum atomic E-state index is 3.93. The molecule has 7 heteroatoms. The molecule has 0 saturated carbocycles. The molecule has 0 fully saturated rings. The molecule has 20 heavy (non-hydrogen) atoms. The summed E-state index contributed by atoms with van der Waals surface area (Å²) >= 11 is 5.26. The summed E-state index contributed by atoms with van der Waals surface area (Å²) < 4.78 is 2.81. The van der Waals surface area contributed by atoms with Crippen molar-refractivity contribution in [3.63, 3.8) is 0 Å². The minimum absolute atomic E-state index is 0.788. The molecule has 1 aromatic carbocycles. The summed E-state index contributed by atoms with van der Waals surface area (Å²) in [6.07, 6.45) is 1.60. The Kier molecular flexibility index (Phi) is 3.79. The highest BCUT2D eigenvalue weighted by Gasteiger charge is 2.05. The zero-order valence-electron chi connectivity index (χ0n) is 10.7. The van der Waals surface area contributed by atoms with Crippen molar-refractivity contribution in [3.8, 4) is 5.69 Å². The number of nitrogens with zero attached hydrogens (tertiary/aromatic N) is 4. The fourth-order valence-electron chi connectivity index (χ4n) is 1.87. The Morgan fingerprint density at radius 2 is 2.25 bits per heavy atom. The van der Waals surface area contributed by atoms with Crippen LogP contribution in [0.1, 0.15) is 10.4 Å². The summed E-state index contributed by atoms with van der Waals surface area (Å²) in [5, 5.41) is 16.8. The van der Waals surface area contributed by atoms with Crippen LogP contribution in [0.25, 0.3) is 5.69 Å². The van der Waals surface area contributed by atoms with E-state index in [1.807, 2.05) is 13.0 Å². The van der Waals surface area contributed by atoms with Gasteiger partial charge in [0.1, 0.15) is 6.33 Å². The van der Waals surface area contributed by atoms with Gasteiger partial charge in [0, 0.05) is 15.0 Å². The maximum Gasteiger partial charge on any atom is 0.143 e. The van der Waals surface area contributed by atoms with Crippen LogP contribution in [0, 0.1) is 6.92 Å². The van der Waals surface area contributed by atoms with Crippen molar-refractivity contribution in [1.82, 2.24) is 20.2 Å². The van der Waals surface area contributed by atoms with E-state index in [1.165, 1.54) is 4.88 Å². The molecular formula is C13H12BrN5S. The maximum absolute atomic E-state index is 3.93. The number of hydrogen-bond donors (Lipinski definition) is 1. The molecule has 0 aliphatic carbocycles. The van der Waals surface area contributed by atoms with Crippen molar-refractivity contribution in [2.24, 2.45) is 0 Å². The number of aromatic nitrogens is 4. The highest BCUT2D eigenvalue weighted by molar-refractivity contribution is 9.10. The summed E-state index contributed by atoms with van der Waals surface area (Å²) in [4.78, 5) is 1.27. The van der Waals surface area contributed by atoms with Gasteiger partial charge in [-0.15, -0.1) is 16.4 Å². The third-order valence-electron chi connectivity index (χ3n) is 2.95. The van der Waals surface area contributed by atoms with E-state index in [1.54, 1.807) is 22.3 Å². The predicted molar refractivity (Wildman–Crippen MR) is 83.2 cm³/mol. The lowest BCUT2D eigenvalue weighted by Gasteiger charge is -2.10. The second kappa shape index (κ2) is 5.72. The van der Waals surface area contributed by atoms with Crippen LogP contribution in [-0.2, 0) is 6.54 Å². The van der Waals surface area contributed by atoms with Crippen LogP contribution < -0.4 is 5.32 Å². The number of thiophene rings is 1. The second-order valence-corrected chi connectivity index (χ2v) is 6.16. The SMILES string of the molecule is Cc1ccc(NCc2sccc2Br)cc1-n1cnnn1. The van der Waals surface area contributed by atoms with Crippen molar-refractivity contribution >= 4 is 33.0 Å². The Bertz CT molecular complexity index is 707. The van der Waals surface area contributed by atoms with Crippen LogP contribution >= 0.6 is 27.3 Å². The number of tetrazole rings is 1. The van der Waals surface area contributed by atoms with Gasteiger partial charge in [-0.2, -0.15) is 0 Å². The van der Waals surface area contributed by atoms with Gasteiger partial charge in [0.2, 0.25) is 0 Å². The Balaban J connectivity index is 1.81. The molecule has 3 rings (SSSR count). The third-order valence-corrected chi connectivity index (χ3v) is 4.88. The van der Waals surface area contributed by atoms with Crippen LogP contribution in [0.2, 0.25) is 0 Å². The molecule has 0 radical (unpaired) electrons.